The Balaban J connectivity index is 2.68. The number of nitrogens with zero attached hydrogens (tertiary/aromatic N) is 4. The lowest BCUT2D eigenvalue weighted by Crippen LogP contribution is -1.87. The molecule has 0 amide bonds. The smallest absolute Gasteiger partial charge is 0.324 e. The van der Waals surface area contributed by atoms with Gasteiger partial charge in [-0.3, -0.25) is 4.57 Å². The summed E-state index contributed by atoms with van der Waals surface area (Å²) in [4.78, 5) is 23.7. The van der Waals surface area contributed by atoms with Gasteiger partial charge in [0.2, 0.25) is 0 Å². The molecule has 9 heteroatoms. The average Bonchev–Trinajstić information content (AvgIpc) is 2.46. The van der Waals surface area contributed by atoms with E-state index in [1.807, 2.05) is 0 Å². The average molecular weight is 234 g/mol. The Kier molecular flexibility index (Phi) is 3.62. The quantitative estimate of drug-likeness (QED) is 0.356. The van der Waals surface area contributed by atoms with Crippen molar-refractivity contribution in [1.82, 2.24) is 4.98 Å². The molecule has 0 radical (unpaired) electrons. The molecule has 1 heterocycles. The van der Waals surface area contributed by atoms with Gasteiger partial charge < -0.3 is 9.79 Å². The predicted octanol–water partition coefficient (Wildman–Crippen LogP) is 1.63. The molecule has 1 aromatic rings. The third kappa shape index (κ3) is 3.87. The molecule has 7 nitrogen and oxygen atoms in total. The van der Waals surface area contributed by atoms with Crippen LogP contribution in [-0.4, -0.2) is 14.8 Å². The zero-order valence-electron chi connectivity index (χ0n) is 6.94. The monoisotopic (exact) mass is 234 g/mol. The van der Waals surface area contributed by atoms with Crippen molar-refractivity contribution in [2.75, 3.05) is 0 Å². The zero-order valence-corrected chi connectivity index (χ0v) is 8.65. The summed E-state index contributed by atoms with van der Waals surface area (Å²) in [6, 6.07) is 0. The first-order valence-electron chi connectivity index (χ1n) is 3.50. The van der Waals surface area contributed by atoms with E-state index in [1.54, 1.807) is 5.38 Å². The second kappa shape index (κ2) is 4.54. The molecule has 0 aliphatic carbocycles. The van der Waals surface area contributed by atoms with E-state index in [0.29, 0.717) is 10.7 Å². The minimum Gasteiger partial charge on any atom is -0.324 e. The fourth-order valence-electron chi connectivity index (χ4n) is 0.797. The Morgan fingerprint density at radius 3 is 3.00 bits per heavy atom. The highest BCUT2D eigenvalue weighted by Crippen LogP contribution is 2.39. The minimum atomic E-state index is -4.06. The van der Waals surface area contributed by atoms with E-state index in [2.05, 4.69) is 15.0 Å². The summed E-state index contributed by atoms with van der Waals surface area (Å²) in [5, 5.41) is 5.38. The molecule has 1 aromatic heterocycles. The molecule has 14 heavy (non-hydrogen) atoms. The molecule has 0 aliphatic rings. The molecule has 0 spiro atoms. The van der Waals surface area contributed by atoms with Gasteiger partial charge in [0.15, 0.2) is 0 Å². The van der Waals surface area contributed by atoms with Crippen LogP contribution in [0.4, 0.5) is 0 Å². The summed E-state index contributed by atoms with van der Waals surface area (Å²) in [6.45, 7) is 0.113. The molecule has 1 rings (SSSR count). The molecular weight excluding hydrogens is 227 g/mol. The number of hydrogen-bond donors (Lipinski definition) is 2. The highest BCUT2D eigenvalue weighted by Gasteiger charge is 2.16. The lowest BCUT2D eigenvalue weighted by atomic mass is 10.6. The van der Waals surface area contributed by atoms with Crippen LogP contribution in [0.15, 0.2) is 10.5 Å². The predicted molar refractivity (Wildman–Crippen MR) is 50.7 cm³/mol. The number of azide groups is 1. The van der Waals surface area contributed by atoms with Crippen LogP contribution in [0.3, 0.4) is 0 Å². The molecule has 0 atom stereocenters. The zero-order chi connectivity index (χ0) is 10.6. The van der Waals surface area contributed by atoms with Crippen molar-refractivity contribution in [2.24, 2.45) is 5.11 Å². The van der Waals surface area contributed by atoms with Gasteiger partial charge in [0, 0.05) is 10.3 Å². The van der Waals surface area contributed by atoms with Gasteiger partial charge in [-0.15, -0.1) is 11.3 Å². The van der Waals surface area contributed by atoms with Crippen molar-refractivity contribution in [3.8, 4) is 0 Å². The summed E-state index contributed by atoms with van der Waals surface area (Å²) in [6.07, 6.45) is -0.375. The molecular formula is C5H7N4O3PS. The second-order valence-electron chi connectivity index (χ2n) is 2.44. The molecule has 0 saturated carbocycles. The standard InChI is InChI=1S/C5H7N4O3PS/c6-9-7-1-5-8-4(3-14-5)2-13(10,11)12/h3H,1-2H2,(H2,10,11,12). The van der Waals surface area contributed by atoms with Gasteiger partial charge >= 0.3 is 7.60 Å². The van der Waals surface area contributed by atoms with E-state index in [0.717, 1.165) is 0 Å². The minimum absolute atomic E-state index is 0.113. The molecule has 0 saturated heterocycles. The largest absolute Gasteiger partial charge is 0.331 e. The third-order valence-corrected chi connectivity index (χ3v) is 2.85. The maximum Gasteiger partial charge on any atom is 0.331 e. The van der Waals surface area contributed by atoms with Crippen LogP contribution in [0.5, 0.6) is 0 Å². The summed E-state index contributed by atoms with van der Waals surface area (Å²) in [5.74, 6) is 0. The van der Waals surface area contributed by atoms with Gasteiger partial charge in [0.25, 0.3) is 0 Å². The van der Waals surface area contributed by atoms with Gasteiger partial charge in [-0.2, -0.15) is 0 Å². The van der Waals surface area contributed by atoms with E-state index < -0.39 is 7.60 Å². The van der Waals surface area contributed by atoms with Crippen molar-refractivity contribution >= 4 is 18.9 Å². The maximum atomic E-state index is 10.6. The van der Waals surface area contributed by atoms with Crippen molar-refractivity contribution in [3.05, 3.63) is 26.5 Å². The van der Waals surface area contributed by atoms with Crippen molar-refractivity contribution in [2.45, 2.75) is 12.7 Å². The molecule has 76 valence electrons. The summed E-state index contributed by atoms with van der Waals surface area (Å²) in [7, 11) is -4.06. The number of aromatic nitrogens is 1. The van der Waals surface area contributed by atoms with E-state index >= 15 is 0 Å². The van der Waals surface area contributed by atoms with Crippen LogP contribution in [0, 0.1) is 0 Å². The van der Waals surface area contributed by atoms with E-state index in [4.69, 9.17) is 15.3 Å². The topological polar surface area (TPSA) is 119 Å². The second-order valence-corrected chi connectivity index (χ2v) is 5.03. The van der Waals surface area contributed by atoms with Gasteiger partial charge in [0.05, 0.1) is 23.4 Å². The highest BCUT2D eigenvalue weighted by molar-refractivity contribution is 7.50. The van der Waals surface area contributed by atoms with Gasteiger partial charge in [-0.05, 0) is 5.53 Å². The summed E-state index contributed by atoms with van der Waals surface area (Å²) >= 11 is 1.21. The fourth-order valence-corrected chi connectivity index (χ4v) is 2.22. The van der Waals surface area contributed by atoms with Gasteiger partial charge in [0.1, 0.15) is 0 Å². The van der Waals surface area contributed by atoms with Gasteiger partial charge in [-0.25, -0.2) is 4.98 Å². The Morgan fingerprint density at radius 1 is 1.71 bits per heavy atom. The molecule has 0 aliphatic heterocycles. The highest BCUT2D eigenvalue weighted by atomic mass is 32.1. The normalized spacial score (nSPS) is 11.0. The van der Waals surface area contributed by atoms with Crippen LogP contribution in [-0.2, 0) is 17.3 Å². The summed E-state index contributed by atoms with van der Waals surface area (Å²) in [5.41, 5.74) is 8.36. The Morgan fingerprint density at radius 2 is 2.43 bits per heavy atom. The first-order valence-corrected chi connectivity index (χ1v) is 6.18. The van der Waals surface area contributed by atoms with Crippen LogP contribution < -0.4 is 0 Å². The number of thiazole rings is 1. The Hall–Kier alpha value is -0.910. The Labute approximate surface area is 83.2 Å². The molecule has 0 bridgehead atoms. The van der Waals surface area contributed by atoms with Crippen molar-refractivity contribution in [1.29, 1.82) is 0 Å². The first kappa shape index (κ1) is 11.2. The van der Waals surface area contributed by atoms with E-state index in [9.17, 15) is 4.57 Å². The van der Waals surface area contributed by atoms with Crippen LogP contribution in [0.1, 0.15) is 10.7 Å². The number of rotatable bonds is 4. The third-order valence-electron chi connectivity index (χ3n) is 1.24. The maximum absolute atomic E-state index is 10.6. The lowest BCUT2D eigenvalue weighted by molar-refractivity contribution is 0.371. The molecule has 0 fully saturated rings. The SMILES string of the molecule is [N-]=[N+]=NCc1nc(CP(=O)(O)O)cs1. The van der Waals surface area contributed by atoms with E-state index in [-0.39, 0.29) is 12.7 Å². The first-order chi connectivity index (χ1) is 6.51. The molecule has 0 aromatic carbocycles. The lowest BCUT2D eigenvalue weighted by Gasteiger charge is -1.98. The van der Waals surface area contributed by atoms with Crippen LogP contribution in [0.25, 0.3) is 10.4 Å². The van der Waals surface area contributed by atoms with Crippen molar-refractivity contribution in [3.63, 3.8) is 0 Å². The number of hydrogen-bond acceptors (Lipinski definition) is 4. The molecule has 0 unspecified atom stereocenters. The van der Waals surface area contributed by atoms with E-state index in [1.165, 1.54) is 11.3 Å². The van der Waals surface area contributed by atoms with Crippen molar-refractivity contribution < 1.29 is 14.4 Å². The van der Waals surface area contributed by atoms with Crippen LogP contribution in [0.2, 0.25) is 0 Å². The molecule has 2 N–H and O–H groups in total. The van der Waals surface area contributed by atoms with Crippen LogP contribution >= 0.6 is 18.9 Å². The fraction of sp³-hybridized carbons (Fsp3) is 0.400. The summed E-state index contributed by atoms with van der Waals surface area (Å²) < 4.78 is 10.6. The Bertz CT molecular complexity index is 407. The van der Waals surface area contributed by atoms with Gasteiger partial charge in [-0.1, -0.05) is 5.11 Å².